The first-order valence-electron chi connectivity index (χ1n) is 6.16. The molecule has 0 aromatic carbocycles. The SMILES string of the molecule is CN1CCCC(c2ccc(NCCO)nn2)C1. The molecule has 1 atom stereocenters. The molecule has 1 fully saturated rings. The Morgan fingerprint density at radius 3 is 3.00 bits per heavy atom. The summed E-state index contributed by atoms with van der Waals surface area (Å²) in [5, 5.41) is 20.1. The third-order valence-corrected chi connectivity index (χ3v) is 3.15. The summed E-state index contributed by atoms with van der Waals surface area (Å²) in [6.07, 6.45) is 2.43. The van der Waals surface area contributed by atoms with Crippen LogP contribution in [0.1, 0.15) is 24.5 Å². The second-order valence-corrected chi connectivity index (χ2v) is 4.60. The van der Waals surface area contributed by atoms with E-state index in [0.717, 1.165) is 18.1 Å². The van der Waals surface area contributed by atoms with E-state index in [9.17, 15) is 0 Å². The highest BCUT2D eigenvalue weighted by Crippen LogP contribution is 2.24. The number of rotatable bonds is 4. The summed E-state index contributed by atoms with van der Waals surface area (Å²) < 4.78 is 0. The lowest BCUT2D eigenvalue weighted by molar-refractivity contribution is 0.248. The minimum atomic E-state index is 0.108. The van der Waals surface area contributed by atoms with Crippen LogP contribution >= 0.6 is 0 Å². The highest BCUT2D eigenvalue weighted by atomic mass is 16.3. The second kappa shape index (κ2) is 5.93. The number of aromatic nitrogens is 2. The summed E-state index contributed by atoms with van der Waals surface area (Å²) in [6, 6.07) is 3.98. The van der Waals surface area contributed by atoms with E-state index in [1.807, 2.05) is 12.1 Å². The highest BCUT2D eigenvalue weighted by Gasteiger charge is 2.20. The van der Waals surface area contributed by atoms with Crippen molar-refractivity contribution in [2.24, 2.45) is 0 Å². The number of likely N-dealkylation sites (tertiary alicyclic amines) is 1. The van der Waals surface area contributed by atoms with Crippen molar-refractivity contribution in [3.8, 4) is 0 Å². The number of likely N-dealkylation sites (N-methyl/N-ethyl adjacent to an activating group) is 1. The molecule has 1 aromatic heterocycles. The number of piperidine rings is 1. The fourth-order valence-electron chi connectivity index (χ4n) is 2.25. The van der Waals surface area contributed by atoms with Gasteiger partial charge in [0.1, 0.15) is 5.82 Å². The maximum atomic E-state index is 8.70. The third kappa shape index (κ3) is 3.38. The number of aliphatic hydroxyl groups is 1. The van der Waals surface area contributed by atoms with E-state index in [1.54, 1.807) is 0 Å². The topological polar surface area (TPSA) is 61.3 Å². The van der Waals surface area contributed by atoms with Crippen molar-refractivity contribution >= 4 is 5.82 Å². The van der Waals surface area contributed by atoms with Gasteiger partial charge in [0.15, 0.2) is 0 Å². The standard InChI is InChI=1S/C12H20N4O/c1-16-7-2-3-10(9-16)11-4-5-12(15-14-11)13-6-8-17/h4-5,10,17H,2-3,6-9H2,1H3,(H,13,15). The van der Waals surface area contributed by atoms with Crippen molar-refractivity contribution in [2.45, 2.75) is 18.8 Å². The van der Waals surface area contributed by atoms with E-state index in [4.69, 9.17) is 5.11 Å². The average Bonchev–Trinajstić information content (AvgIpc) is 2.37. The molecular weight excluding hydrogens is 216 g/mol. The smallest absolute Gasteiger partial charge is 0.148 e. The van der Waals surface area contributed by atoms with Crippen molar-refractivity contribution in [3.05, 3.63) is 17.8 Å². The van der Waals surface area contributed by atoms with Gasteiger partial charge in [0.25, 0.3) is 0 Å². The van der Waals surface area contributed by atoms with Gasteiger partial charge in [-0.2, -0.15) is 5.10 Å². The Morgan fingerprint density at radius 2 is 2.35 bits per heavy atom. The van der Waals surface area contributed by atoms with Crippen LogP contribution in [0.3, 0.4) is 0 Å². The van der Waals surface area contributed by atoms with Crippen LogP contribution in [-0.4, -0.2) is 53.5 Å². The van der Waals surface area contributed by atoms with Crippen LogP contribution in [-0.2, 0) is 0 Å². The summed E-state index contributed by atoms with van der Waals surface area (Å²) in [4.78, 5) is 2.34. The van der Waals surface area contributed by atoms with Gasteiger partial charge in [0.2, 0.25) is 0 Å². The molecule has 0 aliphatic carbocycles. The Balaban J connectivity index is 1.96. The Bertz CT molecular complexity index is 341. The molecule has 1 aliphatic rings. The number of hydrogen-bond acceptors (Lipinski definition) is 5. The Hall–Kier alpha value is -1.20. The van der Waals surface area contributed by atoms with Crippen LogP contribution in [0.15, 0.2) is 12.1 Å². The second-order valence-electron chi connectivity index (χ2n) is 4.60. The van der Waals surface area contributed by atoms with Gasteiger partial charge in [0.05, 0.1) is 12.3 Å². The van der Waals surface area contributed by atoms with Crippen LogP contribution in [0.2, 0.25) is 0 Å². The Labute approximate surface area is 102 Å². The lowest BCUT2D eigenvalue weighted by Crippen LogP contribution is -2.31. The molecule has 0 bridgehead atoms. The first kappa shape index (κ1) is 12.3. The van der Waals surface area contributed by atoms with E-state index in [2.05, 4.69) is 27.5 Å². The summed E-state index contributed by atoms with van der Waals surface area (Å²) in [7, 11) is 2.15. The number of hydrogen-bond donors (Lipinski definition) is 2. The predicted octanol–water partition coefficient (Wildman–Crippen LogP) is 0.690. The molecule has 0 spiro atoms. The van der Waals surface area contributed by atoms with E-state index in [1.165, 1.54) is 19.4 Å². The zero-order valence-corrected chi connectivity index (χ0v) is 10.3. The van der Waals surface area contributed by atoms with Gasteiger partial charge in [-0.15, -0.1) is 5.10 Å². The molecule has 94 valence electrons. The largest absolute Gasteiger partial charge is 0.395 e. The summed E-state index contributed by atoms with van der Waals surface area (Å²) in [6.45, 7) is 2.87. The van der Waals surface area contributed by atoms with Crippen molar-refractivity contribution in [2.75, 3.05) is 38.6 Å². The minimum absolute atomic E-state index is 0.108. The molecule has 0 saturated carbocycles. The van der Waals surface area contributed by atoms with Gasteiger partial charge in [-0.1, -0.05) is 0 Å². The predicted molar refractivity (Wildman–Crippen MR) is 67.1 cm³/mol. The van der Waals surface area contributed by atoms with Crippen LogP contribution in [0.4, 0.5) is 5.82 Å². The fourth-order valence-corrected chi connectivity index (χ4v) is 2.25. The van der Waals surface area contributed by atoms with E-state index in [-0.39, 0.29) is 6.61 Å². The third-order valence-electron chi connectivity index (χ3n) is 3.15. The molecule has 17 heavy (non-hydrogen) atoms. The first-order valence-corrected chi connectivity index (χ1v) is 6.16. The van der Waals surface area contributed by atoms with Gasteiger partial charge < -0.3 is 15.3 Å². The molecule has 1 aliphatic heterocycles. The molecule has 1 saturated heterocycles. The molecule has 2 heterocycles. The molecular formula is C12H20N4O. The molecule has 5 nitrogen and oxygen atoms in total. The average molecular weight is 236 g/mol. The van der Waals surface area contributed by atoms with Gasteiger partial charge >= 0.3 is 0 Å². The molecule has 0 amide bonds. The van der Waals surface area contributed by atoms with Crippen LogP contribution in [0.25, 0.3) is 0 Å². The first-order chi connectivity index (χ1) is 8.29. The quantitative estimate of drug-likeness (QED) is 0.805. The number of aliphatic hydroxyl groups excluding tert-OH is 1. The van der Waals surface area contributed by atoms with Crippen molar-refractivity contribution < 1.29 is 5.11 Å². The Morgan fingerprint density at radius 1 is 1.47 bits per heavy atom. The minimum Gasteiger partial charge on any atom is -0.395 e. The molecule has 0 radical (unpaired) electrons. The van der Waals surface area contributed by atoms with Crippen molar-refractivity contribution in [1.82, 2.24) is 15.1 Å². The number of nitrogens with zero attached hydrogens (tertiary/aromatic N) is 3. The normalized spacial score (nSPS) is 21.4. The van der Waals surface area contributed by atoms with E-state index in [0.29, 0.717) is 12.5 Å². The maximum Gasteiger partial charge on any atom is 0.148 e. The summed E-state index contributed by atoms with van der Waals surface area (Å²) in [5.41, 5.74) is 1.08. The fraction of sp³-hybridized carbons (Fsp3) is 0.667. The van der Waals surface area contributed by atoms with Crippen LogP contribution in [0.5, 0.6) is 0 Å². The Kier molecular flexibility index (Phi) is 4.28. The van der Waals surface area contributed by atoms with Crippen LogP contribution < -0.4 is 5.32 Å². The molecule has 2 rings (SSSR count). The lowest BCUT2D eigenvalue weighted by atomic mass is 9.95. The van der Waals surface area contributed by atoms with Crippen molar-refractivity contribution in [3.63, 3.8) is 0 Å². The molecule has 2 N–H and O–H groups in total. The summed E-state index contributed by atoms with van der Waals surface area (Å²) >= 11 is 0. The molecule has 1 aromatic rings. The van der Waals surface area contributed by atoms with Crippen LogP contribution in [0, 0.1) is 0 Å². The lowest BCUT2D eigenvalue weighted by Gasteiger charge is -2.28. The highest BCUT2D eigenvalue weighted by molar-refractivity contribution is 5.33. The van der Waals surface area contributed by atoms with Crippen molar-refractivity contribution in [1.29, 1.82) is 0 Å². The van der Waals surface area contributed by atoms with Gasteiger partial charge in [-0.25, -0.2) is 0 Å². The van der Waals surface area contributed by atoms with Gasteiger partial charge in [0, 0.05) is 19.0 Å². The zero-order valence-electron chi connectivity index (χ0n) is 10.3. The monoisotopic (exact) mass is 236 g/mol. The maximum absolute atomic E-state index is 8.70. The number of anilines is 1. The van der Waals surface area contributed by atoms with E-state index >= 15 is 0 Å². The zero-order chi connectivity index (χ0) is 12.1. The van der Waals surface area contributed by atoms with Gasteiger partial charge in [-0.05, 0) is 38.6 Å². The number of nitrogens with one attached hydrogen (secondary N) is 1. The van der Waals surface area contributed by atoms with Gasteiger partial charge in [-0.3, -0.25) is 0 Å². The summed E-state index contributed by atoms with van der Waals surface area (Å²) in [5.74, 6) is 1.24. The van der Waals surface area contributed by atoms with E-state index < -0.39 is 0 Å². The molecule has 5 heteroatoms. The molecule has 1 unspecified atom stereocenters.